The van der Waals surface area contributed by atoms with E-state index in [9.17, 15) is 0 Å². The van der Waals surface area contributed by atoms with Crippen molar-refractivity contribution in [2.24, 2.45) is 7.05 Å². The molecule has 0 atom stereocenters. The van der Waals surface area contributed by atoms with Gasteiger partial charge in [-0.25, -0.2) is 4.57 Å². The van der Waals surface area contributed by atoms with Crippen molar-refractivity contribution in [1.82, 2.24) is 0 Å². The minimum atomic E-state index is 1.32. The summed E-state index contributed by atoms with van der Waals surface area (Å²) >= 11 is 0. The minimum Gasteiger partial charge on any atom is -0.201 e. The van der Waals surface area contributed by atoms with Gasteiger partial charge in [0.2, 0.25) is 5.69 Å². The van der Waals surface area contributed by atoms with Crippen molar-refractivity contribution in [1.29, 1.82) is 0 Å². The lowest BCUT2D eigenvalue weighted by molar-refractivity contribution is -0.660. The van der Waals surface area contributed by atoms with Gasteiger partial charge >= 0.3 is 0 Å². The summed E-state index contributed by atoms with van der Waals surface area (Å²) in [5, 5.41) is 0. The first kappa shape index (κ1) is 11.8. The molecule has 0 spiro atoms. The summed E-state index contributed by atoms with van der Waals surface area (Å²) in [4.78, 5) is 0. The number of nitrogens with zero attached hydrogens (tertiary/aromatic N) is 1. The monoisotopic (exact) mass is 226 g/mol. The number of hydrogen-bond acceptors (Lipinski definition) is 0. The maximum atomic E-state index is 2.28. The summed E-state index contributed by atoms with van der Waals surface area (Å²) in [5.74, 6) is 0. The SMILES string of the molecule is Cc1cc(C)c(C)c(-c2c(C)ccc[n+]2C)c1. The van der Waals surface area contributed by atoms with Crippen molar-refractivity contribution >= 4 is 0 Å². The Kier molecular flexibility index (Phi) is 3.01. The van der Waals surface area contributed by atoms with Crippen molar-refractivity contribution in [2.45, 2.75) is 27.7 Å². The Hall–Kier alpha value is -1.63. The molecule has 1 heteroatoms. The lowest BCUT2D eigenvalue weighted by Gasteiger charge is -2.10. The molecule has 0 saturated heterocycles. The van der Waals surface area contributed by atoms with Crippen LogP contribution in [0.2, 0.25) is 0 Å². The number of hydrogen-bond donors (Lipinski definition) is 0. The van der Waals surface area contributed by atoms with Crippen LogP contribution >= 0.6 is 0 Å². The number of benzene rings is 1. The van der Waals surface area contributed by atoms with E-state index in [1.165, 1.54) is 33.5 Å². The van der Waals surface area contributed by atoms with Crippen molar-refractivity contribution in [3.8, 4) is 11.3 Å². The zero-order valence-electron chi connectivity index (χ0n) is 11.3. The third-order valence-electron chi connectivity index (χ3n) is 3.45. The molecule has 0 radical (unpaired) electrons. The van der Waals surface area contributed by atoms with Crippen LogP contribution in [0.25, 0.3) is 11.3 Å². The number of aryl methyl sites for hydroxylation is 4. The van der Waals surface area contributed by atoms with Crippen LogP contribution in [-0.4, -0.2) is 0 Å². The van der Waals surface area contributed by atoms with Gasteiger partial charge in [0.1, 0.15) is 7.05 Å². The maximum absolute atomic E-state index is 2.28. The second-order valence-corrected chi connectivity index (χ2v) is 4.91. The smallest absolute Gasteiger partial charge is 0.201 e. The van der Waals surface area contributed by atoms with Crippen LogP contribution in [0.3, 0.4) is 0 Å². The highest BCUT2D eigenvalue weighted by Crippen LogP contribution is 2.26. The fourth-order valence-electron chi connectivity index (χ4n) is 2.44. The van der Waals surface area contributed by atoms with Gasteiger partial charge in [0.25, 0.3) is 0 Å². The molecule has 0 aliphatic heterocycles. The fraction of sp³-hybridized carbons (Fsp3) is 0.312. The van der Waals surface area contributed by atoms with Crippen molar-refractivity contribution < 1.29 is 4.57 Å². The van der Waals surface area contributed by atoms with Crippen LogP contribution in [0.15, 0.2) is 30.5 Å². The molecule has 0 unspecified atom stereocenters. The lowest BCUT2D eigenvalue weighted by atomic mass is 9.95. The second-order valence-electron chi connectivity index (χ2n) is 4.91. The Morgan fingerprint density at radius 3 is 2.29 bits per heavy atom. The van der Waals surface area contributed by atoms with Gasteiger partial charge in [-0.3, -0.25) is 0 Å². The molecule has 0 fully saturated rings. The van der Waals surface area contributed by atoms with E-state index < -0.39 is 0 Å². The van der Waals surface area contributed by atoms with Crippen molar-refractivity contribution in [3.63, 3.8) is 0 Å². The predicted octanol–water partition coefficient (Wildman–Crippen LogP) is 3.41. The summed E-state index contributed by atoms with van der Waals surface area (Å²) in [6.45, 7) is 8.72. The van der Waals surface area contributed by atoms with E-state index in [4.69, 9.17) is 0 Å². The third-order valence-corrected chi connectivity index (χ3v) is 3.45. The summed E-state index contributed by atoms with van der Waals surface area (Å²) in [6.07, 6.45) is 2.11. The van der Waals surface area contributed by atoms with E-state index in [2.05, 4.69) is 69.8 Å². The second kappa shape index (κ2) is 4.33. The van der Waals surface area contributed by atoms with E-state index >= 15 is 0 Å². The van der Waals surface area contributed by atoms with Gasteiger partial charge in [-0.2, -0.15) is 0 Å². The van der Waals surface area contributed by atoms with Gasteiger partial charge in [-0.1, -0.05) is 11.6 Å². The Bertz CT molecular complexity index is 548. The number of pyridine rings is 1. The molecule has 1 aromatic heterocycles. The summed E-state index contributed by atoms with van der Waals surface area (Å²) in [6, 6.07) is 8.80. The molecule has 1 heterocycles. The maximum Gasteiger partial charge on any atom is 0.215 e. The molecule has 88 valence electrons. The topological polar surface area (TPSA) is 3.88 Å². The average Bonchev–Trinajstić information content (AvgIpc) is 2.24. The molecule has 1 nitrogen and oxygen atoms in total. The summed E-state index contributed by atoms with van der Waals surface area (Å²) in [5.41, 5.74) is 8.05. The molecular weight excluding hydrogens is 206 g/mol. The van der Waals surface area contributed by atoms with E-state index in [1.807, 2.05) is 0 Å². The fourth-order valence-corrected chi connectivity index (χ4v) is 2.44. The molecule has 17 heavy (non-hydrogen) atoms. The first-order valence-electron chi connectivity index (χ1n) is 6.04. The Labute approximate surface area is 104 Å². The van der Waals surface area contributed by atoms with Crippen LogP contribution in [0.1, 0.15) is 22.3 Å². The molecule has 0 amide bonds. The number of aromatic nitrogens is 1. The first-order chi connectivity index (χ1) is 8.00. The highest BCUT2D eigenvalue weighted by atomic mass is 14.9. The number of rotatable bonds is 1. The van der Waals surface area contributed by atoms with Gasteiger partial charge in [0, 0.05) is 17.2 Å². The molecule has 0 N–H and O–H groups in total. The van der Waals surface area contributed by atoms with Gasteiger partial charge in [0.05, 0.1) is 0 Å². The molecule has 0 saturated carbocycles. The predicted molar refractivity (Wildman–Crippen MR) is 72.0 cm³/mol. The van der Waals surface area contributed by atoms with Gasteiger partial charge in [-0.15, -0.1) is 0 Å². The van der Waals surface area contributed by atoms with Gasteiger partial charge in [-0.05, 0) is 51.0 Å². The molecule has 2 aromatic rings. The first-order valence-corrected chi connectivity index (χ1v) is 6.04. The molecule has 1 aromatic carbocycles. The van der Waals surface area contributed by atoms with Crippen LogP contribution in [0.4, 0.5) is 0 Å². The highest BCUT2D eigenvalue weighted by molar-refractivity contribution is 5.66. The van der Waals surface area contributed by atoms with Crippen LogP contribution in [-0.2, 0) is 7.05 Å². The van der Waals surface area contributed by atoms with Crippen molar-refractivity contribution in [2.75, 3.05) is 0 Å². The molecule has 0 bridgehead atoms. The van der Waals surface area contributed by atoms with Crippen molar-refractivity contribution in [3.05, 3.63) is 52.7 Å². The Morgan fingerprint density at radius 1 is 0.941 bits per heavy atom. The van der Waals surface area contributed by atoms with E-state index in [-0.39, 0.29) is 0 Å². The molecular formula is C16H20N+. The minimum absolute atomic E-state index is 1.32. The molecule has 2 rings (SSSR count). The zero-order chi connectivity index (χ0) is 12.6. The van der Waals surface area contributed by atoms with Crippen LogP contribution in [0, 0.1) is 27.7 Å². The average molecular weight is 226 g/mol. The van der Waals surface area contributed by atoms with E-state index in [1.54, 1.807) is 0 Å². The molecule has 0 aliphatic rings. The third kappa shape index (κ3) is 2.10. The van der Waals surface area contributed by atoms with Gasteiger partial charge in [0.15, 0.2) is 6.20 Å². The highest BCUT2D eigenvalue weighted by Gasteiger charge is 2.16. The lowest BCUT2D eigenvalue weighted by Crippen LogP contribution is -2.31. The largest absolute Gasteiger partial charge is 0.215 e. The summed E-state index contributed by atoms with van der Waals surface area (Å²) < 4.78 is 2.20. The Morgan fingerprint density at radius 2 is 1.65 bits per heavy atom. The summed E-state index contributed by atoms with van der Waals surface area (Å²) in [7, 11) is 2.11. The normalized spacial score (nSPS) is 10.6. The van der Waals surface area contributed by atoms with Crippen LogP contribution in [0.5, 0.6) is 0 Å². The van der Waals surface area contributed by atoms with E-state index in [0.29, 0.717) is 0 Å². The quantitative estimate of drug-likeness (QED) is 0.656. The van der Waals surface area contributed by atoms with E-state index in [0.717, 1.165) is 0 Å². The van der Waals surface area contributed by atoms with Gasteiger partial charge < -0.3 is 0 Å². The van der Waals surface area contributed by atoms with Crippen LogP contribution < -0.4 is 4.57 Å². The Balaban J connectivity index is 2.77. The zero-order valence-corrected chi connectivity index (χ0v) is 11.3. The molecule has 0 aliphatic carbocycles. The standard InChI is InChI=1S/C16H20N/c1-11-9-13(3)14(4)15(10-11)16-12(2)7-6-8-17(16)5/h6-10H,1-5H3/q+1.